The fourth-order valence-electron chi connectivity index (χ4n) is 1.52. The monoisotopic (exact) mass is 221 g/mol. The summed E-state index contributed by atoms with van der Waals surface area (Å²) >= 11 is 4.42. The summed E-state index contributed by atoms with van der Waals surface area (Å²) in [4.78, 5) is 4.93. The van der Waals surface area contributed by atoms with Crippen molar-refractivity contribution in [3.8, 4) is 11.6 Å². The Hall–Kier alpha value is -1.42. The second-order valence-corrected chi connectivity index (χ2v) is 3.48. The molecule has 0 unspecified atom stereocenters. The maximum absolute atomic E-state index is 5.19. The van der Waals surface area contributed by atoms with Gasteiger partial charge in [0.25, 0.3) is 0 Å². The van der Waals surface area contributed by atoms with Crippen molar-refractivity contribution in [3.63, 3.8) is 0 Å². The SMILES string of the molecule is COc1ccc2c(OC)nccc2c1S. The molecule has 2 aromatic rings. The van der Waals surface area contributed by atoms with Crippen LogP contribution >= 0.6 is 12.6 Å². The van der Waals surface area contributed by atoms with E-state index >= 15 is 0 Å². The maximum atomic E-state index is 5.19. The predicted molar refractivity (Wildman–Crippen MR) is 62.1 cm³/mol. The van der Waals surface area contributed by atoms with E-state index in [1.54, 1.807) is 20.4 Å². The van der Waals surface area contributed by atoms with E-state index in [1.165, 1.54) is 0 Å². The highest BCUT2D eigenvalue weighted by Gasteiger charge is 2.08. The molecular weight excluding hydrogens is 210 g/mol. The summed E-state index contributed by atoms with van der Waals surface area (Å²) in [6.07, 6.45) is 1.69. The van der Waals surface area contributed by atoms with E-state index in [0.717, 1.165) is 21.4 Å². The van der Waals surface area contributed by atoms with E-state index in [1.807, 2.05) is 18.2 Å². The molecule has 0 aliphatic heterocycles. The largest absolute Gasteiger partial charge is 0.496 e. The Labute approximate surface area is 93.4 Å². The van der Waals surface area contributed by atoms with Gasteiger partial charge in [-0.3, -0.25) is 0 Å². The van der Waals surface area contributed by atoms with Gasteiger partial charge in [0.2, 0.25) is 5.88 Å². The number of pyridine rings is 1. The van der Waals surface area contributed by atoms with Crippen molar-refractivity contribution in [3.05, 3.63) is 24.4 Å². The minimum Gasteiger partial charge on any atom is -0.496 e. The van der Waals surface area contributed by atoms with Gasteiger partial charge in [0.15, 0.2) is 0 Å². The topological polar surface area (TPSA) is 31.4 Å². The molecule has 2 rings (SSSR count). The molecule has 0 saturated heterocycles. The van der Waals surface area contributed by atoms with E-state index in [9.17, 15) is 0 Å². The van der Waals surface area contributed by atoms with Crippen molar-refractivity contribution in [2.45, 2.75) is 4.90 Å². The molecule has 1 aromatic carbocycles. The van der Waals surface area contributed by atoms with Gasteiger partial charge in [-0.1, -0.05) is 0 Å². The molecule has 3 nitrogen and oxygen atoms in total. The van der Waals surface area contributed by atoms with Gasteiger partial charge in [0, 0.05) is 17.0 Å². The van der Waals surface area contributed by atoms with Crippen LogP contribution in [-0.4, -0.2) is 19.2 Å². The van der Waals surface area contributed by atoms with E-state index in [-0.39, 0.29) is 0 Å². The Balaban J connectivity index is 2.78. The van der Waals surface area contributed by atoms with Crippen molar-refractivity contribution < 1.29 is 9.47 Å². The van der Waals surface area contributed by atoms with Gasteiger partial charge in [-0.25, -0.2) is 4.98 Å². The van der Waals surface area contributed by atoms with Crippen LogP contribution in [0.2, 0.25) is 0 Å². The second kappa shape index (κ2) is 3.98. The Morgan fingerprint density at radius 3 is 2.53 bits per heavy atom. The Morgan fingerprint density at radius 2 is 1.87 bits per heavy atom. The highest BCUT2D eigenvalue weighted by atomic mass is 32.1. The van der Waals surface area contributed by atoms with Gasteiger partial charge in [0.05, 0.1) is 19.1 Å². The zero-order valence-corrected chi connectivity index (χ0v) is 9.41. The molecule has 1 heterocycles. The molecule has 1 aromatic heterocycles. The maximum Gasteiger partial charge on any atom is 0.221 e. The smallest absolute Gasteiger partial charge is 0.221 e. The molecule has 0 aliphatic carbocycles. The van der Waals surface area contributed by atoms with Crippen molar-refractivity contribution in [2.75, 3.05) is 14.2 Å². The van der Waals surface area contributed by atoms with Crippen molar-refractivity contribution in [1.29, 1.82) is 0 Å². The first-order valence-electron chi connectivity index (χ1n) is 4.46. The number of fused-ring (bicyclic) bond motifs is 1. The van der Waals surface area contributed by atoms with Gasteiger partial charge < -0.3 is 9.47 Å². The summed E-state index contributed by atoms with van der Waals surface area (Å²) in [6.45, 7) is 0. The van der Waals surface area contributed by atoms with E-state index in [4.69, 9.17) is 9.47 Å². The summed E-state index contributed by atoms with van der Waals surface area (Å²) in [5.41, 5.74) is 0. The molecular formula is C11H11NO2S. The number of rotatable bonds is 2. The minimum atomic E-state index is 0.602. The summed E-state index contributed by atoms with van der Waals surface area (Å²) in [5.74, 6) is 1.35. The molecule has 0 bridgehead atoms. The Bertz CT molecular complexity index is 499. The van der Waals surface area contributed by atoms with Crippen LogP contribution in [0.3, 0.4) is 0 Å². The van der Waals surface area contributed by atoms with E-state index in [0.29, 0.717) is 5.88 Å². The fourth-order valence-corrected chi connectivity index (χ4v) is 1.88. The van der Waals surface area contributed by atoms with Crippen LogP contribution in [0.15, 0.2) is 29.3 Å². The molecule has 0 fully saturated rings. The molecule has 4 heteroatoms. The molecule has 0 atom stereocenters. The number of methoxy groups -OCH3 is 2. The average Bonchev–Trinajstić information content (AvgIpc) is 2.29. The highest BCUT2D eigenvalue weighted by molar-refractivity contribution is 7.80. The lowest BCUT2D eigenvalue weighted by molar-refractivity contribution is 0.401. The summed E-state index contributed by atoms with van der Waals surface area (Å²) in [6, 6.07) is 5.66. The van der Waals surface area contributed by atoms with Crippen molar-refractivity contribution in [1.82, 2.24) is 4.98 Å². The third-order valence-corrected chi connectivity index (χ3v) is 2.72. The lowest BCUT2D eigenvalue weighted by atomic mass is 10.1. The molecule has 78 valence electrons. The van der Waals surface area contributed by atoms with Gasteiger partial charge in [-0.2, -0.15) is 0 Å². The van der Waals surface area contributed by atoms with Crippen LogP contribution in [0.4, 0.5) is 0 Å². The van der Waals surface area contributed by atoms with Crippen molar-refractivity contribution in [2.24, 2.45) is 0 Å². The first kappa shape index (κ1) is 10.1. The molecule has 15 heavy (non-hydrogen) atoms. The number of hydrogen-bond acceptors (Lipinski definition) is 4. The van der Waals surface area contributed by atoms with Gasteiger partial charge in [-0.15, -0.1) is 12.6 Å². The Morgan fingerprint density at radius 1 is 1.07 bits per heavy atom. The minimum absolute atomic E-state index is 0.602. The van der Waals surface area contributed by atoms with Crippen LogP contribution in [0.1, 0.15) is 0 Å². The number of thiol groups is 1. The Kier molecular flexibility index (Phi) is 2.68. The molecule has 0 N–H and O–H groups in total. The lowest BCUT2D eigenvalue weighted by Crippen LogP contribution is -1.91. The molecule has 0 amide bonds. The number of benzene rings is 1. The molecule has 0 spiro atoms. The van der Waals surface area contributed by atoms with Gasteiger partial charge in [0.1, 0.15) is 5.75 Å². The third-order valence-electron chi connectivity index (χ3n) is 2.26. The van der Waals surface area contributed by atoms with E-state index < -0.39 is 0 Å². The van der Waals surface area contributed by atoms with E-state index in [2.05, 4.69) is 17.6 Å². The number of aromatic nitrogens is 1. The first-order chi connectivity index (χ1) is 7.27. The predicted octanol–water partition coefficient (Wildman–Crippen LogP) is 2.54. The van der Waals surface area contributed by atoms with Gasteiger partial charge in [-0.05, 0) is 18.2 Å². The third kappa shape index (κ3) is 1.61. The summed E-state index contributed by atoms with van der Waals surface area (Å²) < 4.78 is 10.4. The standard InChI is InChI=1S/C11H11NO2S/c1-13-9-4-3-8-7(10(9)15)5-6-12-11(8)14-2/h3-6,15H,1-2H3. The van der Waals surface area contributed by atoms with Crippen molar-refractivity contribution >= 4 is 23.4 Å². The zero-order chi connectivity index (χ0) is 10.8. The quantitative estimate of drug-likeness (QED) is 0.791. The van der Waals surface area contributed by atoms with Crippen LogP contribution < -0.4 is 9.47 Å². The van der Waals surface area contributed by atoms with Gasteiger partial charge >= 0.3 is 0 Å². The second-order valence-electron chi connectivity index (χ2n) is 3.03. The zero-order valence-electron chi connectivity index (χ0n) is 8.52. The van der Waals surface area contributed by atoms with Crippen LogP contribution in [-0.2, 0) is 0 Å². The van der Waals surface area contributed by atoms with Crippen LogP contribution in [0, 0.1) is 0 Å². The highest BCUT2D eigenvalue weighted by Crippen LogP contribution is 2.34. The summed E-state index contributed by atoms with van der Waals surface area (Å²) in [7, 11) is 3.23. The van der Waals surface area contributed by atoms with Crippen LogP contribution in [0.25, 0.3) is 10.8 Å². The normalized spacial score (nSPS) is 10.3. The molecule has 0 radical (unpaired) electrons. The number of nitrogens with zero attached hydrogens (tertiary/aromatic N) is 1. The van der Waals surface area contributed by atoms with Crippen LogP contribution in [0.5, 0.6) is 11.6 Å². The molecule has 0 aliphatic rings. The summed E-state index contributed by atoms with van der Waals surface area (Å²) in [5, 5.41) is 1.91. The molecule has 0 saturated carbocycles. The number of hydrogen-bond donors (Lipinski definition) is 1. The average molecular weight is 221 g/mol. The fraction of sp³-hybridized carbons (Fsp3) is 0.182. The first-order valence-corrected chi connectivity index (χ1v) is 4.91. The number of ether oxygens (including phenoxy) is 2. The lowest BCUT2D eigenvalue weighted by Gasteiger charge is -2.09.